The molecular weight excluding hydrogens is 454 g/mol. The van der Waals surface area contributed by atoms with E-state index in [4.69, 9.17) is 4.74 Å². The molecule has 4 rings (SSSR count). The van der Waals surface area contributed by atoms with Crippen molar-refractivity contribution in [1.29, 1.82) is 0 Å². The molecule has 0 spiro atoms. The van der Waals surface area contributed by atoms with Crippen molar-refractivity contribution in [2.24, 2.45) is 0 Å². The standard InChI is InChI=1S/C24H29N5O2S2/c1-18-6-8-21(9-7-18)32-15-10-25-22(30)17-33-24-27-26-23(28-11-13-31-14-12-28)29(24)20-5-3-4-19(2)16-20/h3-9,16H,10-15,17H2,1-2H3,(H,25,30). The molecule has 0 saturated carbocycles. The predicted octanol–water partition coefficient (Wildman–Crippen LogP) is 3.72. The number of benzene rings is 2. The van der Waals surface area contributed by atoms with Crippen LogP contribution in [-0.2, 0) is 9.53 Å². The average molecular weight is 484 g/mol. The molecule has 1 aliphatic heterocycles. The molecule has 1 fully saturated rings. The van der Waals surface area contributed by atoms with Gasteiger partial charge >= 0.3 is 0 Å². The number of nitrogens with one attached hydrogen (secondary N) is 1. The van der Waals surface area contributed by atoms with Gasteiger partial charge in [-0.2, -0.15) is 0 Å². The summed E-state index contributed by atoms with van der Waals surface area (Å²) in [5.41, 5.74) is 3.41. The molecule has 1 saturated heterocycles. The van der Waals surface area contributed by atoms with E-state index in [-0.39, 0.29) is 5.91 Å². The fourth-order valence-electron chi connectivity index (χ4n) is 3.49. The Labute approximate surface area is 203 Å². The zero-order chi connectivity index (χ0) is 23.0. The molecule has 0 bridgehead atoms. The summed E-state index contributed by atoms with van der Waals surface area (Å²) in [6.45, 7) is 7.66. The van der Waals surface area contributed by atoms with Crippen LogP contribution in [0.1, 0.15) is 11.1 Å². The van der Waals surface area contributed by atoms with Gasteiger partial charge in [-0.1, -0.05) is 41.6 Å². The highest BCUT2D eigenvalue weighted by Gasteiger charge is 2.22. The Kier molecular flexibility index (Phi) is 8.30. The molecule has 174 valence electrons. The first-order chi connectivity index (χ1) is 16.1. The highest BCUT2D eigenvalue weighted by molar-refractivity contribution is 7.99. The fourth-order valence-corrected chi connectivity index (χ4v) is 5.04. The average Bonchev–Trinajstić information content (AvgIpc) is 3.26. The summed E-state index contributed by atoms with van der Waals surface area (Å²) in [5, 5.41) is 12.6. The van der Waals surface area contributed by atoms with Gasteiger partial charge in [0.05, 0.1) is 24.7 Å². The van der Waals surface area contributed by atoms with Crippen molar-refractivity contribution in [3.05, 3.63) is 59.7 Å². The molecule has 0 aliphatic carbocycles. The molecular formula is C24H29N5O2S2. The number of anilines is 1. The van der Waals surface area contributed by atoms with Gasteiger partial charge in [-0.3, -0.25) is 9.36 Å². The van der Waals surface area contributed by atoms with Gasteiger partial charge in [0.1, 0.15) is 0 Å². The van der Waals surface area contributed by atoms with Crippen LogP contribution in [0.25, 0.3) is 5.69 Å². The summed E-state index contributed by atoms with van der Waals surface area (Å²) in [4.78, 5) is 15.9. The second-order valence-electron chi connectivity index (χ2n) is 7.86. The summed E-state index contributed by atoms with van der Waals surface area (Å²) in [5.74, 6) is 1.92. The van der Waals surface area contributed by atoms with Crippen molar-refractivity contribution in [2.75, 3.05) is 49.3 Å². The number of aromatic nitrogens is 3. The lowest BCUT2D eigenvalue weighted by Gasteiger charge is -2.28. The maximum Gasteiger partial charge on any atom is 0.232 e. The molecule has 1 aromatic heterocycles. The highest BCUT2D eigenvalue weighted by Crippen LogP contribution is 2.27. The van der Waals surface area contributed by atoms with E-state index in [0.717, 1.165) is 36.0 Å². The van der Waals surface area contributed by atoms with Crippen molar-refractivity contribution in [2.45, 2.75) is 23.9 Å². The summed E-state index contributed by atoms with van der Waals surface area (Å²) in [6, 6.07) is 16.7. The minimum atomic E-state index is -0.00350. The zero-order valence-corrected chi connectivity index (χ0v) is 20.6. The molecule has 0 atom stereocenters. The topological polar surface area (TPSA) is 72.3 Å². The maximum absolute atomic E-state index is 12.5. The van der Waals surface area contributed by atoms with Crippen LogP contribution in [-0.4, -0.2) is 65.0 Å². The van der Waals surface area contributed by atoms with Crippen LogP contribution in [0.15, 0.2) is 58.6 Å². The summed E-state index contributed by atoms with van der Waals surface area (Å²) in [7, 11) is 0. The van der Waals surface area contributed by atoms with E-state index in [9.17, 15) is 4.79 Å². The SMILES string of the molecule is Cc1ccc(SCCNC(=O)CSc2nnc(N3CCOCC3)n2-c2cccc(C)c2)cc1. The number of hydrogen-bond acceptors (Lipinski definition) is 7. The number of aryl methyl sites for hydroxylation is 2. The van der Waals surface area contributed by atoms with Gasteiger partial charge in [0.15, 0.2) is 5.16 Å². The quantitative estimate of drug-likeness (QED) is 0.367. The van der Waals surface area contributed by atoms with Crippen molar-refractivity contribution in [3.8, 4) is 5.69 Å². The van der Waals surface area contributed by atoms with Gasteiger partial charge in [-0.05, 0) is 43.7 Å². The second-order valence-corrected chi connectivity index (χ2v) is 9.97. The summed E-state index contributed by atoms with van der Waals surface area (Å²) in [6.07, 6.45) is 0. The molecule has 2 heterocycles. The fraction of sp³-hybridized carbons (Fsp3) is 0.375. The molecule has 2 aromatic carbocycles. The lowest BCUT2D eigenvalue weighted by Crippen LogP contribution is -2.37. The predicted molar refractivity (Wildman–Crippen MR) is 135 cm³/mol. The third-order valence-electron chi connectivity index (χ3n) is 5.22. The minimum absolute atomic E-state index is 0.00350. The number of thioether (sulfide) groups is 2. The molecule has 33 heavy (non-hydrogen) atoms. The normalized spacial score (nSPS) is 13.8. The van der Waals surface area contributed by atoms with Crippen LogP contribution in [0, 0.1) is 13.8 Å². The number of rotatable bonds is 9. The Morgan fingerprint density at radius 2 is 1.82 bits per heavy atom. The number of amides is 1. The van der Waals surface area contributed by atoms with Crippen LogP contribution in [0.2, 0.25) is 0 Å². The van der Waals surface area contributed by atoms with E-state index >= 15 is 0 Å². The van der Waals surface area contributed by atoms with Crippen LogP contribution in [0.3, 0.4) is 0 Å². The molecule has 3 aromatic rings. The lowest BCUT2D eigenvalue weighted by molar-refractivity contribution is -0.118. The number of nitrogens with zero attached hydrogens (tertiary/aromatic N) is 4. The van der Waals surface area contributed by atoms with Crippen LogP contribution in [0.5, 0.6) is 0 Å². The van der Waals surface area contributed by atoms with Gasteiger partial charge in [0.25, 0.3) is 0 Å². The monoisotopic (exact) mass is 483 g/mol. The Morgan fingerprint density at radius 1 is 1.03 bits per heavy atom. The maximum atomic E-state index is 12.5. The van der Waals surface area contributed by atoms with E-state index in [1.807, 2.05) is 16.7 Å². The Hall–Kier alpha value is -2.49. The van der Waals surface area contributed by atoms with E-state index < -0.39 is 0 Å². The number of morpholine rings is 1. The van der Waals surface area contributed by atoms with Gasteiger partial charge in [-0.25, -0.2) is 0 Å². The molecule has 9 heteroatoms. The van der Waals surface area contributed by atoms with Gasteiger partial charge in [0, 0.05) is 30.3 Å². The highest BCUT2D eigenvalue weighted by atomic mass is 32.2. The lowest BCUT2D eigenvalue weighted by atomic mass is 10.2. The Morgan fingerprint density at radius 3 is 2.58 bits per heavy atom. The van der Waals surface area contributed by atoms with Crippen molar-refractivity contribution in [1.82, 2.24) is 20.1 Å². The second kappa shape index (κ2) is 11.6. The van der Waals surface area contributed by atoms with Crippen molar-refractivity contribution >= 4 is 35.4 Å². The summed E-state index contributed by atoms with van der Waals surface area (Å²) >= 11 is 3.15. The van der Waals surface area contributed by atoms with Gasteiger partial charge < -0.3 is 15.0 Å². The first-order valence-corrected chi connectivity index (χ1v) is 13.0. The number of carbonyl (C=O) groups excluding carboxylic acids is 1. The third kappa shape index (κ3) is 6.52. The first kappa shape index (κ1) is 23.7. The number of carbonyl (C=O) groups is 1. The van der Waals surface area contributed by atoms with Crippen LogP contribution < -0.4 is 10.2 Å². The van der Waals surface area contributed by atoms with Gasteiger partial charge in [-0.15, -0.1) is 22.0 Å². The molecule has 7 nitrogen and oxygen atoms in total. The number of ether oxygens (including phenoxy) is 1. The van der Waals surface area contributed by atoms with Crippen LogP contribution in [0.4, 0.5) is 5.95 Å². The summed E-state index contributed by atoms with van der Waals surface area (Å²) < 4.78 is 7.54. The molecule has 1 amide bonds. The minimum Gasteiger partial charge on any atom is -0.378 e. The van der Waals surface area contributed by atoms with E-state index in [1.165, 1.54) is 22.2 Å². The van der Waals surface area contributed by atoms with Gasteiger partial charge in [0.2, 0.25) is 11.9 Å². The van der Waals surface area contributed by atoms with Crippen LogP contribution >= 0.6 is 23.5 Å². The molecule has 0 radical (unpaired) electrons. The van der Waals surface area contributed by atoms with E-state index in [1.54, 1.807) is 11.8 Å². The largest absolute Gasteiger partial charge is 0.378 e. The molecule has 0 unspecified atom stereocenters. The third-order valence-corrected chi connectivity index (χ3v) is 7.16. The van der Waals surface area contributed by atoms with E-state index in [2.05, 4.69) is 70.7 Å². The first-order valence-electron chi connectivity index (χ1n) is 11.0. The molecule has 1 aliphatic rings. The zero-order valence-electron chi connectivity index (χ0n) is 19.0. The van der Waals surface area contributed by atoms with E-state index in [0.29, 0.717) is 30.7 Å². The molecule has 1 N–H and O–H groups in total. The van der Waals surface area contributed by atoms with Crippen molar-refractivity contribution in [3.63, 3.8) is 0 Å². The Bertz CT molecular complexity index is 1060. The number of hydrogen-bond donors (Lipinski definition) is 1. The smallest absolute Gasteiger partial charge is 0.232 e. The Balaban J connectivity index is 1.36. The van der Waals surface area contributed by atoms with Crippen molar-refractivity contribution < 1.29 is 9.53 Å².